The smallest absolute Gasteiger partial charge is 0.257 e. The predicted molar refractivity (Wildman–Crippen MR) is 109 cm³/mol. The van der Waals surface area contributed by atoms with Gasteiger partial charge in [0.05, 0.1) is 11.3 Å². The molecule has 1 aromatic heterocycles. The summed E-state index contributed by atoms with van der Waals surface area (Å²) in [7, 11) is 0. The second kappa shape index (κ2) is 7.50. The van der Waals surface area contributed by atoms with E-state index in [0.29, 0.717) is 5.56 Å². The maximum absolute atomic E-state index is 12.7. The number of nitrogens with zero attached hydrogens (tertiary/aromatic N) is 1. The highest BCUT2D eigenvalue weighted by molar-refractivity contribution is 9.10. The number of hydrogen-bond acceptors (Lipinski definition) is 2. The molecule has 2 aromatic carbocycles. The van der Waals surface area contributed by atoms with Crippen molar-refractivity contribution in [2.45, 2.75) is 18.7 Å². The zero-order chi connectivity index (χ0) is 18.0. The second-order valence-corrected chi connectivity index (χ2v) is 7.49. The molecule has 3 rings (SSSR count). The molecule has 0 saturated heterocycles. The second-order valence-electron chi connectivity index (χ2n) is 5.75. The molecule has 0 radical (unpaired) electrons. The number of benzene rings is 2. The molecule has 0 aliphatic heterocycles. The number of aryl methyl sites for hydroxylation is 1. The molecule has 128 valence electrons. The first kappa shape index (κ1) is 17.8. The fraction of sp³-hybridized carbons (Fsp3) is 0.150. The number of carbonyl (C=O) groups excluding carboxylic acids is 1. The fourth-order valence-electron chi connectivity index (χ4n) is 2.87. The molecule has 3 aromatic rings. The quantitative estimate of drug-likeness (QED) is 0.544. The summed E-state index contributed by atoms with van der Waals surface area (Å²) in [5.74, 6) is -0.0942. The maximum atomic E-state index is 12.7. The summed E-state index contributed by atoms with van der Waals surface area (Å²) in [5, 5.41) is 2.98. The molecule has 1 heterocycles. The Morgan fingerprint density at radius 1 is 1.08 bits per heavy atom. The average molecular weight is 415 g/mol. The van der Waals surface area contributed by atoms with E-state index in [9.17, 15) is 4.79 Å². The SMILES string of the molecule is CSc1ccc(NC(=O)c2cc(C)n(-c3ccccc3Br)c2C)cc1. The van der Waals surface area contributed by atoms with Gasteiger partial charge < -0.3 is 9.88 Å². The Bertz CT molecular complexity index is 916. The van der Waals surface area contributed by atoms with Gasteiger partial charge in [0.2, 0.25) is 0 Å². The molecule has 1 N–H and O–H groups in total. The van der Waals surface area contributed by atoms with Crippen LogP contribution in [0.5, 0.6) is 0 Å². The summed E-state index contributed by atoms with van der Waals surface area (Å²) in [6.07, 6.45) is 2.03. The maximum Gasteiger partial charge on any atom is 0.257 e. The highest BCUT2D eigenvalue weighted by atomic mass is 79.9. The van der Waals surface area contributed by atoms with Crippen molar-refractivity contribution in [1.29, 1.82) is 0 Å². The summed E-state index contributed by atoms with van der Waals surface area (Å²) in [6.45, 7) is 3.98. The predicted octanol–water partition coefficient (Wildman–Crippen LogP) is 5.83. The van der Waals surface area contributed by atoms with Crippen LogP contribution in [-0.4, -0.2) is 16.7 Å². The van der Waals surface area contributed by atoms with Crippen LogP contribution in [-0.2, 0) is 0 Å². The van der Waals surface area contributed by atoms with Gasteiger partial charge in [-0.05, 0) is 78.5 Å². The van der Waals surface area contributed by atoms with Crippen molar-refractivity contribution in [3.8, 4) is 5.69 Å². The van der Waals surface area contributed by atoms with Crippen LogP contribution in [0, 0.1) is 13.8 Å². The first-order chi connectivity index (χ1) is 12.0. The molecule has 0 spiro atoms. The van der Waals surface area contributed by atoms with Gasteiger partial charge in [-0.25, -0.2) is 0 Å². The first-order valence-electron chi connectivity index (χ1n) is 7.90. The molecule has 0 unspecified atom stereocenters. The number of carbonyl (C=O) groups is 1. The lowest BCUT2D eigenvalue weighted by Gasteiger charge is -2.12. The lowest BCUT2D eigenvalue weighted by molar-refractivity contribution is 0.102. The van der Waals surface area contributed by atoms with Crippen LogP contribution in [0.3, 0.4) is 0 Å². The van der Waals surface area contributed by atoms with Crippen LogP contribution in [0.15, 0.2) is 64.0 Å². The van der Waals surface area contributed by atoms with Crippen molar-refractivity contribution in [3.05, 3.63) is 76.0 Å². The van der Waals surface area contributed by atoms with E-state index in [-0.39, 0.29) is 5.91 Å². The third-order valence-corrected chi connectivity index (χ3v) is 5.53. The lowest BCUT2D eigenvalue weighted by atomic mass is 10.2. The third kappa shape index (κ3) is 3.67. The van der Waals surface area contributed by atoms with E-state index in [0.717, 1.165) is 27.2 Å². The Morgan fingerprint density at radius 3 is 2.40 bits per heavy atom. The van der Waals surface area contributed by atoms with Gasteiger partial charge in [-0.15, -0.1) is 11.8 Å². The van der Waals surface area contributed by atoms with Gasteiger partial charge in [0.15, 0.2) is 0 Å². The van der Waals surface area contributed by atoms with Crippen molar-refractivity contribution >= 4 is 39.3 Å². The zero-order valence-corrected chi connectivity index (χ0v) is 16.7. The number of thioether (sulfide) groups is 1. The molecule has 25 heavy (non-hydrogen) atoms. The number of rotatable bonds is 4. The monoisotopic (exact) mass is 414 g/mol. The molecular weight excluding hydrogens is 396 g/mol. The molecule has 1 amide bonds. The van der Waals surface area contributed by atoms with Crippen molar-refractivity contribution in [2.75, 3.05) is 11.6 Å². The van der Waals surface area contributed by atoms with Crippen LogP contribution in [0.25, 0.3) is 5.69 Å². The summed E-state index contributed by atoms with van der Waals surface area (Å²) in [4.78, 5) is 13.9. The number of hydrogen-bond donors (Lipinski definition) is 1. The van der Waals surface area contributed by atoms with Gasteiger partial charge >= 0.3 is 0 Å². The number of aromatic nitrogens is 1. The van der Waals surface area contributed by atoms with Gasteiger partial charge in [0, 0.05) is 26.4 Å². The van der Waals surface area contributed by atoms with Gasteiger partial charge in [-0.1, -0.05) is 12.1 Å². The normalized spacial score (nSPS) is 10.7. The zero-order valence-electron chi connectivity index (χ0n) is 14.3. The topological polar surface area (TPSA) is 34.0 Å². The number of anilines is 1. The van der Waals surface area contributed by atoms with Crippen LogP contribution < -0.4 is 5.32 Å². The average Bonchev–Trinajstić information content (AvgIpc) is 2.91. The summed E-state index contributed by atoms with van der Waals surface area (Å²) in [6, 6.07) is 17.8. The van der Waals surface area contributed by atoms with Gasteiger partial charge in [0.25, 0.3) is 5.91 Å². The van der Waals surface area contributed by atoms with Crippen LogP contribution in [0.4, 0.5) is 5.69 Å². The number of amides is 1. The standard InChI is InChI=1S/C20H19BrN2OS/c1-13-12-17(14(2)23(13)19-7-5-4-6-18(19)21)20(24)22-15-8-10-16(25-3)11-9-15/h4-12H,1-3H3,(H,22,24). The molecule has 0 aliphatic rings. The van der Waals surface area contributed by atoms with Crippen LogP contribution in [0.2, 0.25) is 0 Å². The minimum absolute atomic E-state index is 0.0942. The van der Waals surface area contributed by atoms with E-state index in [1.54, 1.807) is 11.8 Å². The van der Waals surface area contributed by atoms with Crippen molar-refractivity contribution in [2.24, 2.45) is 0 Å². The largest absolute Gasteiger partial charge is 0.322 e. The Balaban J connectivity index is 1.91. The summed E-state index contributed by atoms with van der Waals surface area (Å²) in [5.41, 5.74) is 4.45. The van der Waals surface area contributed by atoms with Gasteiger partial charge in [0.1, 0.15) is 0 Å². The fourth-order valence-corrected chi connectivity index (χ4v) is 3.74. The summed E-state index contributed by atoms with van der Waals surface area (Å²) >= 11 is 5.27. The van der Waals surface area contributed by atoms with Crippen LogP contribution in [0.1, 0.15) is 21.7 Å². The van der Waals surface area contributed by atoms with Gasteiger partial charge in [-0.2, -0.15) is 0 Å². The Labute approximate surface area is 160 Å². The lowest BCUT2D eigenvalue weighted by Crippen LogP contribution is -2.13. The van der Waals surface area contributed by atoms with Crippen LogP contribution >= 0.6 is 27.7 Å². The first-order valence-corrected chi connectivity index (χ1v) is 9.92. The number of halogens is 1. The number of nitrogens with one attached hydrogen (secondary N) is 1. The summed E-state index contributed by atoms with van der Waals surface area (Å²) < 4.78 is 3.09. The molecule has 0 bridgehead atoms. The van der Waals surface area contributed by atoms with Crippen molar-refractivity contribution in [1.82, 2.24) is 4.57 Å². The number of para-hydroxylation sites is 1. The molecule has 0 fully saturated rings. The van der Waals surface area contributed by atoms with E-state index in [2.05, 4.69) is 25.8 Å². The minimum atomic E-state index is -0.0942. The molecule has 0 atom stereocenters. The Hall–Kier alpha value is -1.98. The third-order valence-electron chi connectivity index (χ3n) is 4.12. The Morgan fingerprint density at radius 2 is 1.76 bits per heavy atom. The molecule has 3 nitrogen and oxygen atoms in total. The van der Waals surface area contributed by atoms with E-state index in [4.69, 9.17) is 0 Å². The molecule has 5 heteroatoms. The molecular formula is C20H19BrN2OS. The van der Waals surface area contributed by atoms with Gasteiger partial charge in [-0.3, -0.25) is 4.79 Å². The van der Waals surface area contributed by atoms with E-state index in [1.165, 1.54) is 4.90 Å². The van der Waals surface area contributed by atoms with E-state index in [1.807, 2.05) is 74.7 Å². The van der Waals surface area contributed by atoms with Crippen molar-refractivity contribution < 1.29 is 4.79 Å². The highest BCUT2D eigenvalue weighted by Crippen LogP contribution is 2.27. The minimum Gasteiger partial charge on any atom is -0.322 e. The molecule has 0 aliphatic carbocycles. The highest BCUT2D eigenvalue weighted by Gasteiger charge is 2.17. The van der Waals surface area contributed by atoms with Crippen molar-refractivity contribution in [3.63, 3.8) is 0 Å². The molecule has 0 saturated carbocycles. The van der Waals surface area contributed by atoms with E-state index < -0.39 is 0 Å². The Kier molecular flexibility index (Phi) is 5.35. The van der Waals surface area contributed by atoms with E-state index >= 15 is 0 Å².